The summed E-state index contributed by atoms with van der Waals surface area (Å²) in [6, 6.07) is 0.456. The molecule has 1 saturated carbocycles. The lowest BCUT2D eigenvalue weighted by molar-refractivity contribution is 0.140. The second-order valence-corrected chi connectivity index (χ2v) is 8.50. The van der Waals surface area contributed by atoms with E-state index < -0.39 is 0 Å². The molecule has 0 aromatic heterocycles. The van der Waals surface area contributed by atoms with E-state index in [1.54, 1.807) is 7.11 Å². The van der Waals surface area contributed by atoms with Crippen LogP contribution in [0.1, 0.15) is 46.0 Å². The van der Waals surface area contributed by atoms with E-state index in [0.717, 1.165) is 48.3 Å². The molecule has 3 aliphatic rings. The summed E-state index contributed by atoms with van der Waals surface area (Å²) in [5.74, 6) is 1.60. The molecule has 0 N–H and O–H groups in total. The maximum atomic E-state index is 6.38. The zero-order valence-corrected chi connectivity index (χ0v) is 17.9. The number of nitrogens with zero attached hydrogens (tertiary/aromatic N) is 3. The fourth-order valence-electron chi connectivity index (χ4n) is 3.93. The first-order valence-corrected chi connectivity index (χ1v) is 10.4. The van der Waals surface area contributed by atoms with Gasteiger partial charge in [0.1, 0.15) is 5.16 Å². The van der Waals surface area contributed by atoms with Crippen molar-refractivity contribution in [1.82, 2.24) is 9.80 Å². The molecule has 2 aliphatic heterocycles. The largest absolute Gasteiger partial charge is 0.377 e. The Hall–Kier alpha value is -1.23. The molecule has 0 spiro atoms. The maximum absolute atomic E-state index is 6.38. The average molecular weight is 410 g/mol. The summed E-state index contributed by atoms with van der Waals surface area (Å²) >= 11 is 12.4. The fraction of sp³-hybridized carbons (Fsp3) is 0.571. The molecule has 148 valence electrons. The van der Waals surface area contributed by atoms with E-state index in [-0.39, 0.29) is 6.10 Å². The van der Waals surface area contributed by atoms with Crippen molar-refractivity contribution in [3.05, 3.63) is 46.5 Å². The lowest BCUT2D eigenvalue weighted by atomic mass is 10.1. The van der Waals surface area contributed by atoms with Gasteiger partial charge in [-0.3, -0.25) is 0 Å². The van der Waals surface area contributed by atoms with Crippen LogP contribution in [0, 0.1) is 5.92 Å². The third kappa shape index (κ3) is 4.98. The summed E-state index contributed by atoms with van der Waals surface area (Å²) in [5.41, 5.74) is 2.26. The minimum Gasteiger partial charge on any atom is -0.377 e. The van der Waals surface area contributed by atoms with Crippen LogP contribution in [-0.2, 0) is 4.74 Å². The molecule has 1 fully saturated rings. The van der Waals surface area contributed by atoms with Crippen molar-refractivity contribution in [3.8, 4) is 0 Å². The topological polar surface area (TPSA) is 28.1 Å². The zero-order chi connectivity index (χ0) is 19.6. The number of hydrogen-bond donors (Lipinski definition) is 0. The van der Waals surface area contributed by atoms with Crippen LogP contribution in [0.5, 0.6) is 0 Å². The smallest absolute Gasteiger partial charge is 0.157 e. The molecule has 1 aliphatic carbocycles. The Morgan fingerprint density at radius 1 is 1.44 bits per heavy atom. The SMILES string of the molecule is C=C1C(N2C=C(CC(/C=C(\C)Cl)OC)CC2)=NC(Cl)=CN1C(CC)C1CC1. The summed E-state index contributed by atoms with van der Waals surface area (Å²) < 4.78 is 5.53. The Kier molecular flexibility index (Phi) is 6.72. The number of halogens is 2. The lowest BCUT2D eigenvalue weighted by Gasteiger charge is -2.36. The van der Waals surface area contributed by atoms with Gasteiger partial charge >= 0.3 is 0 Å². The standard InChI is InChI=1S/C21H29Cl2N3O/c1-5-19(17-6-7-17)26-13-20(23)24-21(15(26)3)25-9-8-16(12-25)11-18(27-4)10-14(2)22/h10,12-13,17-19H,3,5-9,11H2,1-2,4H3/b14-10+. The minimum atomic E-state index is -0.00971. The Morgan fingerprint density at radius 3 is 2.78 bits per heavy atom. The third-order valence-corrected chi connectivity index (χ3v) is 5.74. The molecule has 27 heavy (non-hydrogen) atoms. The van der Waals surface area contributed by atoms with E-state index in [4.69, 9.17) is 27.9 Å². The molecule has 0 saturated heterocycles. The van der Waals surface area contributed by atoms with Crippen LogP contribution in [-0.4, -0.2) is 41.4 Å². The second-order valence-electron chi connectivity index (χ2n) is 7.52. The highest BCUT2D eigenvalue weighted by molar-refractivity contribution is 6.30. The summed E-state index contributed by atoms with van der Waals surface area (Å²) in [6.07, 6.45) is 11.5. The summed E-state index contributed by atoms with van der Waals surface area (Å²) in [6.45, 7) is 9.33. The van der Waals surface area contributed by atoms with Crippen LogP contribution in [0.2, 0.25) is 0 Å². The van der Waals surface area contributed by atoms with Crippen LogP contribution in [0.4, 0.5) is 0 Å². The van der Waals surface area contributed by atoms with E-state index in [2.05, 4.69) is 34.5 Å². The Morgan fingerprint density at radius 2 is 2.19 bits per heavy atom. The lowest BCUT2D eigenvalue weighted by Crippen LogP contribution is -2.40. The molecular weight excluding hydrogens is 381 g/mol. The van der Waals surface area contributed by atoms with E-state index in [1.807, 2.05) is 19.2 Å². The molecule has 2 unspecified atom stereocenters. The number of aliphatic imine (C=N–C) groups is 1. The van der Waals surface area contributed by atoms with Crippen molar-refractivity contribution >= 4 is 29.0 Å². The maximum Gasteiger partial charge on any atom is 0.157 e. The zero-order valence-electron chi connectivity index (χ0n) is 16.4. The first kappa shape index (κ1) is 20.5. The van der Waals surface area contributed by atoms with E-state index >= 15 is 0 Å². The van der Waals surface area contributed by atoms with E-state index in [9.17, 15) is 0 Å². The van der Waals surface area contributed by atoms with Gasteiger partial charge in [0.05, 0.1) is 11.8 Å². The van der Waals surface area contributed by atoms with Gasteiger partial charge < -0.3 is 14.5 Å². The quantitative estimate of drug-likeness (QED) is 0.513. The summed E-state index contributed by atoms with van der Waals surface area (Å²) in [4.78, 5) is 9.01. The predicted molar refractivity (Wildman–Crippen MR) is 114 cm³/mol. The summed E-state index contributed by atoms with van der Waals surface area (Å²) in [5, 5.41) is 1.27. The molecule has 4 nitrogen and oxygen atoms in total. The van der Waals surface area contributed by atoms with Crippen molar-refractivity contribution < 1.29 is 4.74 Å². The molecular formula is C21H29Cl2N3O. The molecule has 0 amide bonds. The molecule has 0 bridgehead atoms. The fourth-order valence-corrected chi connectivity index (χ4v) is 4.25. The minimum absolute atomic E-state index is 0.00971. The van der Waals surface area contributed by atoms with Gasteiger partial charge in [-0.1, -0.05) is 36.7 Å². The van der Waals surface area contributed by atoms with Crippen LogP contribution in [0.15, 0.2) is 51.5 Å². The molecule has 0 aromatic carbocycles. The van der Waals surface area contributed by atoms with E-state index in [1.165, 1.54) is 18.4 Å². The van der Waals surface area contributed by atoms with Crippen LogP contribution in [0.25, 0.3) is 0 Å². The van der Waals surface area contributed by atoms with Gasteiger partial charge in [0, 0.05) is 37.1 Å². The molecule has 0 radical (unpaired) electrons. The number of hydrogen-bond acceptors (Lipinski definition) is 4. The number of methoxy groups -OCH3 is 1. The second kappa shape index (κ2) is 8.85. The van der Waals surface area contributed by atoms with Crippen LogP contribution in [0.3, 0.4) is 0 Å². The number of allylic oxidation sites excluding steroid dienone is 1. The van der Waals surface area contributed by atoms with Crippen molar-refractivity contribution in [2.24, 2.45) is 10.9 Å². The molecule has 2 atom stereocenters. The number of ether oxygens (including phenoxy) is 1. The number of amidine groups is 1. The Labute approximate surface area is 172 Å². The van der Waals surface area contributed by atoms with Crippen molar-refractivity contribution in [1.29, 1.82) is 0 Å². The van der Waals surface area contributed by atoms with Gasteiger partial charge in [-0.15, -0.1) is 0 Å². The molecule has 6 heteroatoms. The average Bonchev–Trinajstić information content (AvgIpc) is 3.35. The van der Waals surface area contributed by atoms with Gasteiger partial charge in [-0.25, -0.2) is 4.99 Å². The van der Waals surface area contributed by atoms with Gasteiger partial charge in [0.2, 0.25) is 0 Å². The van der Waals surface area contributed by atoms with Gasteiger partial charge in [0.25, 0.3) is 0 Å². The van der Waals surface area contributed by atoms with Gasteiger partial charge in [-0.2, -0.15) is 0 Å². The first-order chi connectivity index (χ1) is 12.9. The third-order valence-electron chi connectivity index (χ3n) is 5.44. The number of rotatable bonds is 7. The monoisotopic (exact) mass is 409 g/mol. The van der Waals surface area contributed by atoms with Crippen molar-refractivity contribution in [2.45, 2.75) is 58.1 Å². The molecule has 0 aromatic rings. The van der Waals surface area contributed by atoms with Gasteiger partial charge in [0.15, 0.2) is 5.84 Å². The highest BCUT2D eigenvalue weighted by Crippen LogP contribution is 2.40. The van der Waals surface area contributed by atoms with Crippen molar-refractivity contribution in [3.63, 3.8) is 0 Å². The Bertz CT molecular complexity index is 702. The van der Waals surface area contributed by atoms with Gasteiger partial charge in [-0.05, 0) is 56.6 Å². The molecule has 3 rings (SSSR count). The predicted octanol–water partition coefficient (Wildman–Crippen LogP) is 5.58. The van der Waals surface area contributed by atoms with Crippen LogP contribution >= 0.6 is 23.2 Å². The molecule has 2 heterocycles. The summed E-state index contributed by atoms with van der Waals surface area (Å²) in [7, 11) is 1.71. The first-order valence-electron chi connectivity index (χ1n) is 9.69. The highest BCUT2D eigenvalue weighted by atomic mass is 35.5. The normalized spacial score (nSPS) is 23.2. The Balaban J connectivity index is 1.74. The van der Waals surface area contributed by atoms with Crippen molar-refractivity contribution in [2.75, 3.05) is 13.7 Å². The highest BCUT2D eigenvalue weighted by Gasteiger charge is 2.37. The van der Waals surface area contributed by atoms with E-state index in [0.29, 0.717) is 11.2 Å². The van der Waals surface area contributed by atoms with Crippen LogP contribution < -0.4 is 0 Å².